The number of hydrogen-bond donors (Lipinski definition) is 2. The van der Waals surface area contributed by atoms with Gasteiger partial charge in [0.25, 0.3) is 11.8 Å². The lowest BCUT2D eigenvalue weighted by atomic mass is 10.1. The minimum Gasteiger partial charge on any atom is -0.342 e. The molecule has 3 nitrogen and oxygen atoms in total. The molecule has 0 saturated carbocycles. The Bertz CT molecular complexity index is 458. The van der Waals surface area contributed by atoms with Gasteiger partial charge in [-0.25, -0.2) is 17.6 Å². The van der Waals surface area contributed by atoms with Crippen molar-refractivity contribution in [3.05, 3.63) is 35.4 Å². The van der Waals surface area contributed by atoms with Crippen LogP contribution in [-0.2, 0) is 0 Å². The summed E-state index contributed by atoms with van der Waals surface area (Å²) in [6.45, 7) is -0.716. The lowest BCUT2D eigenvalue weighted by Gasteiger charge is -2.19. The molecule has 1 heterocycles. The van der Waals surface area contributed by atoms with E-state index in [0.717, 1.165) is 18.2 Å². The van der Waals surface area contributed by atoms with Crippen molar-refractivity contribution in [3.8, 4) is 0 Å². The van der Waals surface area contributed by atoms with Gasteiger partial charge < -0.3 is 10.6 Å². The van der Waals surface area contributed by atoms with E-state index in [1.54, 1.807) is 0 Å². The van der Waals surface area contributed by atoms with Crippen LogP contribution in [0.25, 0.3) is 0 Å². The van der Waals surface area contributed by atoms with Gasteiger partial charge in [0.2, 0.25) is 0 Å². The van der Waals surface area contributed by atoms with Crippen molar-refractivity contribution in [2.75, 3.05) is 13.1 Å². The van der Waals surface area contributed by atoms with E-state index in [9.17, 15) is 22.4 Å². The van der Waals surface area contributed by atoms with E-state index in [4.69, 9.17) is 0 Å². The summed E-state index contributed by atoms with van der Waals surface area (Å²) >= 11 is 0. The molecule has 0 spiro atoms. The van der Waals surface area contributed by atoms with Gasteiger partial charge in [0.1, 0.15) is 23.2 Å². The molecule has 1 amide bonds. The van der Waals surface area contributed by atoms with Gasteiger partial charge in [-0.05, 0) is 12.1 Å². The zero-order valence-electron chi connectivity index (χ0n) is 9.14. The maximum Gasteiger partial charge on any atom is 0.281 e. The van der Waals surface area contributed by atoms with Crippen molar-refractivity contribution in [3.63, 3.8) is 0 Å². The summed E-state index contributed by atoms with van der Waals surface area (Å²) in [5.74, 6) is -6.47. The molecule has 1 aromatic rings. The number of benzene rings is 1. The molecule has 1 saturated heterocycles. The second-order valence-corrected chi connectivity index (χ2v) is 4.01. The number of alkyl halides is 2. The van der Waals surface area contributed by atoms with Gasteiger partial charge in [0.15, 0.2) is 0 Å². The summed E-state index contributed by atoms with van der Waals surface area (Å²) in [5.41, 5.74) is -0.847. The minimum absolute atomic E-state index is 0.144. The smallest absolute Gasteiger partial charge is 0.281 e. The van der Waals surface area contributed by atoms with Crippen molar-refractivity contribution in [2.45, 2.75) is 12.0 Å². The van der Waals surface area contributed by atoms with Crippen molar-refractivity contribution in [1.29, 1.82) is 0 Å². The first-order chi connectivity index (χ1) is 8.42. The third-order valence-electron chi connectivity index (χ3n) is 2.71. The third kappa shape index (κ3) is 2.31. The highest BCUT2D eigenvalue weighted by molar-refractivity contribution is 5.95. The number of nitrogens with one attached hydrogen (secondary N) is 2. The Morgan fingerprint density at radius 3 is 2.44 bits per heavy atom. The lowest BCUT2D eigenvalue weighted by molar-refractivity contribution is -0.00257. The Hall–Kier alpha value is -1.63. The Morgan fingerprint density at radius 1 is 1.33 bits per heavy atom. The fourth-order valence-electron chi connectivity index (χ4n) is 1.76. The number of carbonyl (C=O) groups is 1. The van der Waals surface area contributed by atoms with Crippen LogP contribution in [0.3, 0.4) is 0 Å². The summed E-state index contributed by atoms with van der Waals surface area (Å²) in [6.07, 6.45) is 0. The van der Waals surface area contributed by atoms with Crippen LogP contribution in [0.15, 0.2) is 18.2 Å². The molecule has 98 valence electrons. The topological polar surface area (TPSA) is 41.1 Å². The van der Waals surface area contributed by atoms with Crippen LogP contribution in [0.1, 0.15) is 10.4 Å². The van der Waals surface area contributed by atoms with Crippen molar-refractivity contribution in [1.82, 2.24) is 10.6 Å². The van der Waals surface area contributed by atoms with Crippen LogP contribution in [0, 0.1) is 11.6 Å². The number of hydrogen-bond acceptors (Lipinski definition) is 2. The Kier molecular flexibility index (Phi) is 3.25. The molecular weight excluding hydrogens is 252 g/mol. The normalized spacial score (nSPS) is 21.9. The van der Waals surface area contributed by atoms with Gasteiger partial charge in [0, 0.05) is 6.54 Å². The van der Waals surface area contributed by atoms with E-state index < -0.39 is 41.6 Å². The van der Waals surface area contributed by atoms with E-state index >= 15 is 0 Å². The van der Waals surface area contributed by atoms with Gasteiger partial charge in [-0.2, -0.15) is 0 Å². The predicted octanol–water partition coefficient (Wildman–Crippen LogP) is 1.30. The summed E-state index contributed by atoms with van der Waals surface area (Å²) < 4.78 is 53.0. The molecular formula is C11H10F4N2O. The SMILES string of the molecule is O=C(NC1CNCC1(F)F)c1c(F)cccc1F. The number of rotatable bonds is 2. The Labute approximate surface area is 100 Å². The van der Waals surface area contributed by atoms with Crippen molar-refractivity contribution in [2.24, 2.45) is 0 Å². The molecule has 1 fully saturated rings. The maximum absolute atomic E-state index is 13.3. The van der Waals surface area contributed by atoms with E-state index in [-0.39, 0.29) is 6.54 Å². The summed E-state index contributed by atoms with van der Waals surface area (Å²) in [6, 6.07) is 1.41. The molecule has 1 atom stereocenters. The molecule has 7 heteroatoms. The van der Waals surface area contributed by atoms with Crippen LogP contribution >= 0.6 is 0 Å². The summed E-state index contributed by atoms with van der Waals surface area (Å²) in [7, 11) is 0. The van der Waals surface area contributed by atoms with Gasteiger partial charge >= 0.3 is 0 Å². The minimum atomic E-state index is -3.13. The average Bonchev–Trinajstić information content (AvgIpc) is 2.58. The first kappa shape index (κ1) is 12.8. The van der Waals surface area contributed by atoms with Crippen LogP contribution in [0.4, 0.5) is 17.6 Å². The molecule has 1 aromatic carbocycles. The third-order valence-corrected chi connectivity index (χ3v) is 2.71. The fraction of sp³-hybridized carbons (Fsp3) is 0.364. The van der Waals surface area contributed by atoms with E-state index in [0.29, 0.717) is 0 Å². The largest absolute Gasteiger partial charge is 0.342 e. The molecule has 0 bridgehead atoms. The zero-order chi connectivity index (χ0) is 13.3. The summed E-state index contributed by atoms with van der Waals surface area (Å²) in [4.78, 5) is 11.6. The highest BCUT2D eigenvalue weighted by atomic mass is 19.3. The van der Waals surface area contributed by atoms with Crippen LogP contribution in [-0.4, -0.2) is 31.0 Å². The van der Waals surface area contributed by atoms with E-state index in [2.05, 4.69) is 5.32 Å². The average molecular weight is 262 g/mol. The second-order valence-electron chi connectivity index (χ2n) is 4.01. The van der Waals surface area contributed by atoms with Gasteiger partial charge in [-0.3, -0.25) is 4.79 Å². The van der Waals surface area contributed by atoms with Gasteiger partial charge in [0.05, 0.1) is 6.54 Å². The zero-order valence-corrected chi connectivity index (χ0v) is 9.14. The number of halogens is 4. The molecule has 1 aliphatic heterocycles. The summed E-state index contributed by atoms with van der Waals surface area (Å²) in [5, 5.41) is 4.33. The quantitative estimate of drug-likeness (QED) is 0.789. The Morgan fingerprint density at radius 2 is 1.94 bits per heavy atom. The highest BCUT2D eigenvalue weighted by Crippen LogP contribution is 2.22. The fourth-order valence-corrected chi connectivity index (χ4v) is 1.76. The standard InChI is InChI=1S/C11H10F4N2O/c12-6-2-1-3-7(13)9(6)10(18)17-8-4-16-5-11(8,14)15/h1-3,8,16H,4-5H2,(H,17,18). The van der Waals surface area contributed by atoms with Gasteiger partial charge in [-0.1, -0.05) is 6.07 Å². The monoisotopic (exact) mass is 262 g/mol. The molecule has 2 rings (SSSR count). The first-order valence-corrected chi connectivity index (χ1v) is 5.25. The Balaban J connectivity index is 2.18. The molecule has 1 unspecified atom stereocenters. The van der Waals surface area contributed by atoms with E-state index in [1.807, 2.05) is 5.32 Å². The molecule has 0 aromatic heterocycles. The molecule has 1 aliphatic rings. The molecule has 2 N–H and O–H groups in total. The molecule has 18 heavy (non-hydrogen) atoms. The predicted molar refractivity (Wildman–Crippen MR) is 55.4 cm³/mol. The lowest BCUT2D eigenvalue weighted by Crippen LogP contribution is -2.47. The maximum atomic E-state index is 13.3. The number of carbonyl (C=O) groups excluding carboxylic acids is 1. The van der Waals surface area contributed by atoms with Crippen LogP contribution in [0.5, 0.6) is 0 Å². The van der Waals surface area contributed by atoms with Gasteiger partial charge in [-0.15, -0.1) is 0 Å². The second kappa shape index (κ2) is 4.56. The van der Waals surface area contributed by atoms with E-state index in [1.165, 1.54) is 0 Å². The van der Waals surface area contributed by atoms with Crippen molar-refractivity contribution < 1.29 is 22.4 Å². The van der Waals surface area contributed by atoms with Crippen LogP contribution < -0.4 is 10.6 Å². The van der Waals surface area contributed by atoms with Crippen molar-refractivity contribution >= 4 is 5.91 Å². The first-order valence-electron chi connectivity index (χ1n) is 5.25. The molecule has 0 radical (unpaired) electrons. The molecule has 0 aliphatic carbocycles. The number of amides is 1. The highest BCUT2D eigenvalue weighted by Gasteiger charge is 2.45. The van der Waals surface area contributed by atoms with Crippen LogP contribution in [0.2, 0.25) is 0 Å².